The molecule has 2 N–H and O–H groups in total. The Morgan fingerprint density at radius 2 is 1.77 bits per heavy atom. The van der Waals surface area contributed by atoms with Gasteiger partial charge in [-0.2, -0.15) is 13.2 Å². The van der Waals surface area contributed by atoms with Crippen LogP contribution < -0.4 is 10.0 Å². The Bertz CT molecular complexity index is 1050. The predicted molar refractivity (Wildman–Crippen MR) is 108 cm³/mol. The van der Waals surface area contributed by atoms with Crippen LogP contribution >= 0.6 is 0 Å². The lowest BCUT2D eigenvalue weighted by atomic mass is 10.0. The van der Waals surface area contributed by atoms with Crippen LogP contribution in [0.2, 0.25) is 0 Å². The monoisotopic (exact) mass is 440 g/mol. The van der Waals surface area contributed by atoms with Gasteiger partial charge in [0.15, 0.2) is 0 Å². The zero-order valence-electron chi connectivity index (χ0n) is 16.7. The SMILES string of the molecule is Cc1cc([C@@H](C)NC(=O)C2CC2c2ccc(C(F)(F)F)cc2)ccc1NS(C)(=O)=O. The van der Waals surface area contributed by atoms with Crippen molar-refractivity contribution < 1.29 is 26.4 Å². The van der Waals surface area contributed by atoms with Gasteiger partial charge >= 0.3 is 6.18 Å². The van der Waals surface area contributed by atoms with Gasteiger partial charge in [0.05, 0.1) is 23.5 Å². The summed E-state index contributed by atoms with van der Waals surface area (Å²) in [6.07, 6.45) is -2.70. The molecule has 2 aromatic rings. The fourth-order valence-corrected chi connectivity index (χ4v) is 4.08. The molecule has 0 aliphatic heterocycles. The topological polar surface area (TPSA) is 75.3 Å². The fourth-order valence-electron chi connectivity index (χ4n) is 3.45. The Morgan fingerprint density at radius 3 is 2.30 bits per heavy atom. The van der Waals surface area contributed by atoms with Crippen LogP contribution in [0, 0.1) is 12.8 Å². The largest absolute Gasteiger partial charge is 0.416 e. The summed E-state index contributed by atoms with van der Waals surface area (Å²) in [6, 6.07) is 9.85. The van der Waals surface area contributed by atoms with E-state index in [4.69, 9.17) is 0 Å². The maximum absolute atomic E-state index is 12.7. The highest BCUT2D eigenvalue weighted by molar-refractivity contribution is 7.92. The Labute approximate surface area is 173 Å². The second-order valence-electron chi connectivity index (χ2n) is 7.75. The minimum absolute atomic E-state index is 0.0810. The molecule has 3 rings (SSSR count). The van der Waals surface area contributed by atoms with Crippen molar-refractivity contribution in [2.75, 3.05) is 11.0 Å². The van der Waals surface area contributed by atoms with Gasteiger partial charge in [0.1, 0.15) is 0 Å². The molecule has 2 aromatic carbocycles. The van der Waals surface area contributed by atoms with Crippen LogP contribution in [0.4, 0.5) is 18.9 Å². The summed E-state index contributed by atoms with van der Waals surface area (Å²) in [4.78, 5) is 12.6. The minimum atomic E-state index is -4.38. The van der Waals surface area contributed by atoms with Crippen molar-refractivity contribution in [1.82, 2.24) is 5.32 Å². The maximum Gasteiger partial charge on any atom is 0.416 e. The summed E-state index contributed by atoms with van der Waals surface area (Å²) in [5, 5.41) is 2.93. The molecule has 1 amide bonds. The van der Waals surface area contributed by atoms with E-state index in [2.05, 4.69) is 10.0 Å². The van der Waals surface area contributed by atoms with Crippen LogP contribution in [-0.2, 0) is 21.0 Å². The summed E-state index contributed by atoms with van der Waals surface area (Å²) in [5.74, 6) is -0.498. The molecule has 3 atom stereocenters. The molecule has 1 fully saturated rings. The number of aryl methyl sites for hydroxylation is 1. The molecule has 162 valence electrons. The van der Waals surface area contributed by atoms with Gasteiger partial charge in [-0.15, -0.1) is 0 Å². The van der Waals surface area contributed by atoms with Crippen molar-refractivity contribution in [2.45, 2.75) is 38.4 Å². The predicted octanol–water partition coefficient (Wildman–Crippen LogP) is 4.37. The van der Waals surface area contributed by atoms with Gasteiger partial charge in [-0.05, 0) is 61.1 Å². The van der Waals surface area contributed by atoms with Gasteiger partial charge in [0, 0.05) is 5.92 Å². The van der Waals surface area contributed by atoms with Crippen LogP contribution in [-0.4, -0.2) is 20.6 Å². The average molecular weight is 440 g/mol. The van der Waals surface area contributed by atoms with E-state index in [9.17, 15) is 26.4 Å². The number of carbonyl (C=O) groups excluding carboxylic acids is 1. The fraction of sp³-hybridized carbons (Fsp3) is 0.381. The van der Waals surface area contributed by atoms with Gasteiger partial charge in [0.25, 0.3) is 0 Å². The third-order valence-electron chi connectivity index (χ3n) is 5.20. The molecular weight excluding hydrogens is 417 g/mol. The Kier molecular flexibility index (Phi) is 5.86. The third-order valence-corrected chi connectivity index (χ3v) is 5.79. The molecule has 0 aromatic heterocycles. The summed E-state index contributed by atoms with van der Waals surface area (Å²) in [6.45, 7) is 3.60. The number of rotatable bonds is 6. The van der Waals surface area contributed by atoms with Crippen molar-refractivity contribution in [3.8, 4) is 0 Å². The van der Waals surface area contributed by atoms with Crippen molar-refractivity contribution in [3.05, 3.63) is 64.7 Å². The molecule has 1 aliphatic carbocycles. The van der Waals surface area contributed by atoms with Gasteiger partial charge in [0.2, 0.25) is 15.9 Å². The number of halogens is 3. The van der Waals surface area contributed by atoms with Crippen molar-refractivity contribution in [1.29, 1.82) is 0 Å². The van der Waals surface area contributed by atoms with Gasteiger partial charge in [-0.1, -0.05) is 24.3 Å². The van der Waals surface area contributed by atoms with E-state index in [0.29, 0.717) is 12.1 Å². The summed E-state index contributed by atoms with van der Waals surface area (Å²) >= 11 is 0. The third kappa shape index (κ3) is 5.33. The number of hydrogen-bond donors (Lipinski definition) is 2. The second kappa shape index (κ2) is 7.94. The zero-order valence-corrected chi connectivity index (χ0v) is 17.6. The zero-order chi connectivity index (χ0) is 22.3. The molecule has 9 heteroatoms. The molecule has 1 saturated carbocycles. The second-order valence-corrected chi connectivity index (χ2v) is 9.50. The van der Waals surface area contributed by atoms with Crippen LogP contribution in [0.3, 0.4) is 0 Å². The number of carbonyl (C=O) groups is 1. The van der Waals surface area contributed by atoms with Crippen molar-refractivity contribution >= 4 is 21.6 Å². The molecule has 30 heavy (non-hydrogen) atoms. The standard InChI is InChI=1S/C21H23F3N2O3S/c1-12-10-15(6-9-19(12)26-30(3,28)29)13(2)25-20(27)18-11-17(18)14-4-7-16(8-5-14)21(22,23)24/h4-10,13,17-18,26H,11H2,1-3H3,(H,25,27)/t13-,17?,18?/m1/s1. The van der Waals surface area contributed by atoms with E-state index in [1.807, 2.05) is 6.92 Å². The summed E-state index contributed by atoms with van der Waals surface area (Å²) in [5.41, 5.74) is 2.05. The van der Waals surface area contributed by atoms with Gasteiger partial charge in [-0.25, -0.2) is 8.42 Å². The summed E-state index contributed by atoms with van der Waals surface area (Å²) < 4.78 is 63.3. The lowest BCUT2D eigenvalue weighted by Crippen LogP contribution is -2.28. The maximum atomic E-state index is 12.7. The van der Waals surface area contributed by atoms with E-state index in [-0.39, 0.29) is 23.8 Å². The number of benzene rings is 2. The van der Waals surface area contributed by atoms with Crippen LogP contribution in [0.15, 0.2) is 42.5 Å². The van der Waals surface area contributed by atoms with Crippen molar-refractivity contribution in [2.24, 2.45) is 5.92 Å². The highest BCUT2D eigenvalue weighted by Crippen LogP contribution is 2.48. The number of nitrogens with one attached hydrogen (secondary N) is 2. The number of hydrogen-bond acceptors (Lipinski definition) is 3. The lowest BCUT2D eigenvalue weighted by molar-refractivity contribution is -0.137. The first kappa shape index (κ1) is 22.1. The quantitative estimate of drug-likeness (QED) is 0.701. The summed E-state index contributed by atoms with van der Waals surface area (Å²) in [7, 11) is -3.38. The molecule has 1 aliphatic rings. The molecule has 0 saturated heterocycles. The highest BCUT2D eigenvalue weighted by Gasteiger charge is 2.44. The Balaban J connectivity index is 1.61. The van der Waals surface area contributed by atoms with Gasteiger partial charge < -0.3 is 5.32 Å². The molecule has 2 unspecified atom stereocenters. The first-order valence-electron chi connectivity index (χ1n) is 9.41. The van der Waals surface area contributed by atoms with Crippen LogP contribution in [0.25, 0.3) is 0 Å². The molecule has 0 heterocycles. The molecule has 0 spiro atoms. The van der Waals surface area contributed by atoms with E-state index in [0.717, 1.165) is 35.1 Å². The molecular formula is C21H23F3N2O3S. The number of amides is 1. The first-order valence-corrected chi connectivity index (χ1v) is 11.3. The average Bonchev–Trinajstić information content (AvgIpc) is 3.42. The van der Waals surface area contributed by atoms with E-state index in [1.54, 1.807) is 25.1 Å². The number of anilines is 1. The Hall–Kier alpha value is -2.55. The van der Waals surface area contributed by atoms with Crippen LogP contribution in [0.5, 0.6) is 0 Å². The van der Waals surface area contributed by atoms with Gasteiger partial charge in [-0.3, -0.25) is 9.52 Å². The van der Waals surface area contributed by atoms with E-state index < -0.39 is 21.8 Å². The Morgan fingerprint density at radius 1 is 1.13 bits per heavy atom. The lowest BCUT2D eigenvalue weighted by Gasteiger charge is -2.17. The molecule has 0 bridgehead atoms. The van der Waals surface area contributed by atoms with E-state index >= 15 is 0 Å². The van der Waals surface area contributed by atoms with Crippen molar-refractivity contribution in [3.63, 3.8) is 0 Å². The van der Waals surface area contributed by atoms with E-state index in [1.165, 1.54) is 12.1 Å². The molecule has 5 nitrogen and oxygen atoms in total. The smallest absolute Gasteiger partial charge is 0.349 e. The van der Waals surface area contributed by atoms with Crippen LogP contribution in [0.1, 0.15) is 47.6 Å². The number of alkyl halides is 3. The first-order chi connectivity index (χ1) is 13.8. The normalized spacial score (nSPS) is 19.8. The minimum Gasteiger partial charge on any atom is -0.349 e. The highest BCUT2D eigenvalue weighted by atomic mass is 32.2. The molecule has 0 radical (unpaired) electrons. The number of sulfonamides is 1.